The molecule has 0 aliphatic carbocycles. The van der Waals surface area contributed by atoms with Crippen molar-refractivity contribution in [1.29, 1.82) is 0 Å². The Balaban J connectivity index is 1.51. The molecule has 0 aliphatic heterocycles. The van der Waals surface area contributed by atoms with Gasteiger partial charge < -0.3 is 9.47 Å². The van der Waals surface area contributed by atoms with Gasteiger partial charge in [-0.25, -0.2) is 4.98 Å². The van der Waals surface area contributed by atoms with Crippen LogP contribution in [0.1, 0.15) is 16.7 Å². The van der Waals surface area contributed by atoms with E-state index >= 15 is 0 Å². The molecule has 0 bridgehead atoms. The van der Waals surface area contributed by atoms with Crippen LogP contribution in [-0.2, 0) is 12.8 Å². The predicted octanol–water partition coefficient (Wildman–Crippen LogP) is 7.11. The molecular formula is C30H20ClF3N4O5. The van der Waals surface area contributed by atoms with E-state index < -0.39 is 22.2 Å². The minimum absolute atomic E-state index is 0.0417. The maximum Gasteiger partial charge on any atom is 0.416 e. The summed E-state index contributed by atoms with van der Waals surface area (Å²) in [5.74, 6) is 0.346. The lowest BCUT2D eigenvalue weighted by Crippen LogP contribution is -2.20. The van der Waals surface area contributed by atoms with Crippen molar-refractivity contribution in [3.05, 3.63) is 127 Å². The van der Waals surface area contributed by atoms with E-state index in [1.54, 1.807) is 42.5 Å². The number of alkyl halides is 3. The zero-order valence-corrected chi connectivity index (χ0v) is 23.0. The zero-order valence-electron chi connectivity index (χ0n) is 22.2. The van der Waals surface area contributed by atoms with E-state index in [0.717, 1.165) is 16.8 Å². The number of ether oxygens (including phenoxy) is 2. The molecule has 0 unspecified atom stereocenters. The summed E-state index contributed by atoms with van der Waals surface area (Å²) in [5.41, 5.74) is -0.163. The highest BCUT2D eigenvalue weighted by Gasteiger charge is 2.31. The Hall–Kier alpha value is -5.23. The van der Waals surface area contributed by atoms with Crippen molar-refractivity contribution < 1.29 is 27.6 Å². The predicted molar refractivity (Wildman–Crippen MR) is 155 cm³/mol. The molecule has 43 heavy (non-hydrogen) atoms. The van der Waals surface area contributed by atoms with Crippen molar-refractivity contribution >= 4 is 34.4 Å². The Morgan fingerprint density at radius 1 is 1.05 bits per heavy atom. The summed E-state index contributed by atoms with van der Waals surface area (Å²) in [6.45, 7) is 0.0417. The van der Waals surface area contributed by atoms with Crippen molar-refractivity contribution in [2.75, 3.05) is 7.11 Å². The second-order valence-corrected chi connectivity index (χ2v) is 9.55. The number of aromatic nitrogens is 2. The highest BCUT2D eigenvalue weighted by molar-refractivity contribution is 6.32. The number of rotatable bonds is 8. The third-order valence-corrected chi connectivity index (χ3v) is 6.59. The third kappa shape index (κ3) is 6.33. The summed E-state index contributed by atoms with van der Waals surface area (Å²) in [5, 5.41) is 15.5. The number of fused-ring (bicyclic) bond motifs is 1. The largest absolute Gasteiger partial charge is 0.493 e. The summed E-state index contributed by atoms with van der Waals surface area (Å²) < 4.78 is 52.5. The lowest BCUT2D eigenvalue weighted by atomic mass is 10.1. The molecule has 0 saturated carbocycles. The maximum absolute atomic E-state index is 13.4. The molecule has 4 aromatic carbocycles. The Morgan fingerprint density at radius 2 is 1.79 bits per heavy atom. The smallest absolute Gasteiger partial charge is 0.416 e. The first-order chi connectivity index (χ1) is 20.5. The van der Waals surface area contributed by atoms with Gasteiger partial charge in [0.05, 0.1) is 39.7 Å². The van der Waals surface area contributed by atoms with Gasteiger partial charge in [-0.15, -0.1) is 0 Å². The molecule has 5 rings (SSSR count). The minimum Gasteiger partial charge on any atom is -0.493 e. The van der Waals surface area contributed by atoms with Crippen LogP contribution in [0.3, 0.4) is 0 Å². The third-order valence-electron chi connectivity index (χ3n) is 6.31. The molecule has 0 atom stereocenters. The SMILES string of the molecule is COc1cc(C=Nn2c(-c3cccc(C(F)(F)F)c3)nc3ccccc3c2=O)cc(Cl)c1OCc1ccc([N+](=O)[O-])cc1. The van der Waals surface area contributed by atoms with Gasteiger partial charge in [0.2, 0.25) is 0 Å². The number of nitro groups is 1. The molecule has 0 spiro atoms. The van der Waals surface area contributed by atoms with Crippen LogP contribution in [-0.4, -0.2) is 27.9 Å². The van der Waals surface area contributed by atoms with Crippen molar-refractivity contribution in [3.63, 3.8) is 0 Å². The van der Waals surface area contributed by atoms with Gasteiger partial charge in [0.15, 0.2) is 17.3 Å². The molecule has 0 amide bonds. The van der Waals surface area contributed by atoms with Crippen LogP contribution in [0.5, 0.6) is 11.5 Å². The lowest BCUT2D eigenvalue weighted by Gasteiger charge is -2.14. The van der Waals surface area contributed by atoms with Crippen LogP contribution in [0, 0.1) is 10.1 Å². The number of methoxy groups -OCH3 is 1. The zero-order chi connectivity index (χ0) is 30.7. The van der Waals surface area contributed by atoms with E-state index in [2.05, 4.69) is 10.1 Å². The maximum atomic E-state index is 13.4. The van der Waals surface area contributed by atoms with Gasteiger partial charge in [-0.3, -0.25) is 14.9 Å². The number of nitro benzene ring substituents is 1. The number of hydrogen-bond acceptors (Lipinski definition) is 7. The molecule has 218 valence electrons. The van der Waals surface area contributed by atoms with E-state index in [-0.39, 0.29) is 45.6 Å². The summed E-state index contributed by atoms with van der Waals surface area (Å²) in [6.07, 6.45) is -3.31. The first kappa shape index (κ1) is 29.3. The number of nitrogens with zero attached hydrogens (tertiary/aromatic N) is 4. The fourth-order valence-corrected chi connectivity index (χ4v) is 4.47. The Kier molecular flexibility index (Phi) is 8.13. The Morgan fingerprint density at radius 3 is 2.49 bits per heavy atom. The van der Waals surface area contributed by atoms with Gasteiger partial charge in [-0.05, 0) is 59.7 Å². The average Bonchev–Trinajstić information content (AvgIpc) is 2.99. The molecule has 0 fully saturated rings. The van der Waals surface area contributed by atoms with E-state index in [1.165, 1.54) is 43.7 Å². The van der Waals surface area contributed by atoms with Gasteiger partial charge in [0.25, 0.3) is 11.2 Å². The molecule has 9 nitrogen and oxygen atoms in total. The molecule has 1 aromatic heterocycles. The van der Waals surface area contributed by atoms with Crippen molar-refractivity contribution in [2.45, 2.75) is 12.8 Å². The molecule has 5 aromatic rings. The quantitative estimate of drug-likeness (QED) is 0.105. The highest BCUT2D eigenvalue weighted by Crippen LogP contribution is 2.37. The average molecular weight is 609 g/mol. The van der Waals surface area contributed by atoms with Crippen LogP contribution in [0.25, 0.3) is 22.3 Å². The van der Waals surface area contributed by atoms with Gasteiger partial charge in [0, 0.05) is 17.7 Å². The summed E-state index contributed by atoms with van der Waals surface area (Å²) in [7, 11) is 1.40. The van der Waals surface area contributed by atoms with Crippen molar-refractivity contribution in [1.82, 2.24) is 9.66 Å². The molecule has 1 heterocycles. The molecule has 0 N–H and O–H groups in total. The van der Waals surface area contributed by atoms with E-state index in [0.29, 0.717) is 16.6 Å². The lowest BCUT2D eigenvalue weighted by molar-refractivity contribution is -0.384. The molecule has 0 radical (unpaired) electrons. The van der Waals surface area contributed by atoms with E-state index in [4.69, 9.17) is 21.1 Å². The van der Waals surface area contributed by atoms with Crippen LogP contribution in [0.2, 0.25) is 5.02 Å². The number of para-hydroxylation sites is 1. The fourth-order valence-electron chi connectivity index (χ4n) is 4.20. The van der Waals surface area contributed by atoms with E-state index in [9.17, 15) is 28.1 Å². The molecule has 13 heteroatoms. The topological polar surface area (TPSA) is 109 Å². The van der Waals surface area contributed by atoms with Gasteiger partial charge in [0.1, 0.15) is 6.61 Å². The summed E-state index contributed by atoms with van der Waals surface area (Å²) >= 11 is 6.48. The Labute approximate surface area is 246 Å². The number of non-ortho nitro benzene ring substituents is 1. The fraction of sp³-hybridized carbons (Fsp3) is 0.100. The van der Waals surface area contributed by atoms with Crippen LogP contribution >= 0.6 is 11.6 Å². The second kappa shape index (κ2) is 11.9. The molecule has 0 saturated heterocycles. The van der Waals surface area contributed by atoms with Crippen LogP contribution in [0.4, 0.5) is 18.9 Å². The summed E-state index contributed by atoms with van der Waals surface area (Å²) in [6, 6.07) is 19.8. The summed E-state index contributed by atoms with van der Waals surface area (Å²) in [4.78, 5) is 28.3. The first-order valence-electron chi connectivity index (χ1n) is 12.5. The molecular weight excluding hydrogens is 589 g/mol. The van der Waals surface area contributed by atoms with Crippen molar-refractivity contribution in [2.24, 2.45) is 5.10 Å². The van der Waals surface area contributed by atoms with Crippen LogP contribution in [0.15, 0.2) is 94.8 Å². The minimum atomic E-state index is -4.60. The number of hydrogen-bond donors (Lipinski definition) is 0. The standard InChI is InChI=1S/C30H20ClF3N4O5/c1-42-26-14-19(13-24(31)27(26)43-17-18-9-11-22(12-10-18)38(40)41)16-35-37-28(20-5-4-6-21(15-20)30(32,33)34)36-25-8-3-2-7-23(25)29(37)39/h2-16H,17H2,1H3. The molecule has 0 aliphatic rings. The van der Waals surface area contributed by atoms with Gasteiger partial charge in [-0.1, -0.05) is 35.9 Å². The second-order valence-electron chi connectivity index (χ2n) is 9.14. The number of halogens is 4. The van der Waals surface area contributed by atoms with Gasteiger partial charge in [-0.2, -0.15) is 22.9 Å². The first-order valence-corrected chi connectivity index (χ1v) is 12.9. The highest BCUT2D eigenvalue weighted by atomic mass is 35.5. The van der Waals surface area contributed by atoms with Gasteiger partial charge >= 0.3 is 6.18 Å². The van der Waals surface area contributed by atoms with Crippen LogP contribution < -0.4 is 15.0 Å². The normalized spacial score (nSPS) is 11.7. The van der Waals surface area contributed by atoms with E-state index in [1.807, 2.05) is 0 Å². The Bertz CT molecular complexity index is 1930. The number of benzene rings is 4. The monoisotopic (exact) mass is 608 g/mol. The van der Waals surface area contributed by atoms with Crippen molar-refractivity contribution in [3.8, 4) is 22.9 Å².